The van der Waals surface area contributed by atoms with Gasteiger partial charge < -0.3 is 11.1 Å². The van der Waals surface area contributed by atoms with Crippen molar-refractivity contribution >= 4 is 11.6 Å². The van der Waals surface area contributed by atoms with Crippen LogP contribution in [0, 0.1) is 13.8 Å². The number of hydrogen-bond acceptors (Lipinski definition) is 1. The Morgan fingerprint density at radius 3 is 2.38 bits per heavy atom. The lowest BCUT2D eigenvalue weighted by Crippen LogP contribution is -2.27. The zero-order valence-electron chi connectivity index (χ0n) is 10.8. The van der Waals surface area contributed by atoms with E-state index in [1.54, 1.807) is 0 Å². The number of rotatable bonds is 1. The van der Waals surface area contributed by atoms with E-state index in [1.807, 2.05) is 26.8 Å². The highest BCUT2D eigenvalue weighted by atomic mass is 15.1. The maximum atomic E-state index is 5.84. The molecule has 0 fully saturated rings. The Bertz CT molecular complexity index is 400. The van der Waals surface area contributed by atoms with Gasteiger partial charge in [-0.05, 0) is 46.2 Å². The van der Waals surface area contributed by atoms with Crippen molar-refractivity contribution in [2.45, 2.75) is 40.2 Å². The fourth-order valence-electron chi connectivity index (χ4n) is 1.48. The predicted octanol–water partition coefficient (Wildman–Crippen LogP) is 2.83. The van der Waals surface area contributed by atoms with Gasteiger partial charge in [0.05, 0.1) is 5.54 Å². The van der Waals surface area contributed by atoms with Crippen molar-refractivity contribution in [1.29, 1.82) is 0 Å². The molecule has 0 amide bonds. The molecule has 0 unspecified atom stereocenters. The van der Waals surface area contributed by atoms with Gasteiger partial charge >= 0.3 is 0 Å². The number of nitrogens with two attached hydrogens (primary N) is 1. The summed E-state index contributed by atoms with van der Waals surface area (Å²) >= 11 is 0. The standard InChI is InChI=1S/C13H21N3/c1-9-6-7-11(10(2)8-9)15-12(14)16-13(3,4)5/h6-8H,1-5H3,(H3,14,15,16). The Kier molecular flexibility index (Phi) is 3.58. The molecule has 1 rings (SSSR count). The number of aryl methyl sites for hydroxylation is 2. The highest BCUT2D eigenvalue weighted by Crippen LogP contribution is 2.16. The van der Waals surface area contributed by atoms with Crippen molar-refractivity contribution < 1.29 is 0 Å². The number of nitrogens with one attached hydrogen (secondary N) is 1. The Hall–Kier alpha value is -1.51. The fraction of sp³-hybridized carbons (Fsp3) is 0.462. The van der Waals surface area contributed by atoms with Gasteiger partial charge in [0.25, 0.3) is 0 Å². The molecule has 0 atom stereocenters. The molecule has 0 spiro atoms. The Morgan fingerprint density at radius 2 is 1.88 bits per heavy atom. The monoisotopic (exact) mass is 219 g/mol. The van der Waals surface area contributed by atoms with Gasteiger partial charge in [-0.3, -0.25) is 0 Å². The molecule has 88 valence electrons. The van der Waals surface area contributed by atoms with E-state index in [2.05, 4.69) is 36.3 Å². The Labute approximate surface area is 97.8 Å². The van der Waals surface area contributed by atoms with Crippen molar-refractivity contribution in [3.05, 3.63) is 29.3 Å². The fourth-order valence-corrected chi connectivity index (χ4v) is 1.48. The van der Waals surface area contributed by atoms with E-state index in [-0.39, 0.29) is 5.54 Å². The largest absolute Gasteiger partial charge is 0.370 e. The first-order valence-electron chi connectivity index (χ1n) is 5.47. The van der Waals surface area contributed by atoms with Crippen LogP contribution >= 0.6 is 0 Å². The van der Waals surface area contributed by atoms with Gasteiger partial charge in [0, 0.05) is 5.69 Å². The minimum Gasteiger partial charge on any atom is -0.370 e. The lowest BCUT2D eigenvalue weighted by molar-refractivity contribution is 0.583. The zero-order valence-corrected chi connectivity index (χ0v) is 10.8. The molecule has 0 bridgehead atoms. The first kappa shape index (κ1) is 12.6. The second kappa shape index (κ2) is 4.56. The van der Waals surface area contributed by atoms with E-state index in [0.29, 0.717) is 5.96 Å². The molecular formula is C13H21N3. The molecule has 0 heterocycles. The lowest BCUT2D eigenvalue weighted by Gasteiger charge is -2.15. The van der Waals surface area contributed by atoms with E-state index in [0.717, 1.165) is 5.69 Å². The van der Waals surface area contributed by atoms with E-state index in [9.17, 15) is 0 Å². The number of anilines is 1. The molecule has 0 saturated heterocycles. The second-order valence-electron chi connectivity index (χ2n) is 5.11. The van der Waals surface area contributed by atoms with Crippen LogP contribution in [0.3, 0.4) is 0 Å². The van der Waals surface area contributed by atoms with Gasteiger partial charge in [0.2, 0.25) is 0 Å². The minimum atomic E-state index is -0.157. The summed E-state index contributed by atoms with van der Waals surface area (Å²) in [6.45, 7) is 10.2. The smallest absolute Gasteiger partial charge is 0.193 e. The molecule has 1 aromatic rings. The Morgan fingerprint density at radius 1 is 1.25 bits per heavy atom. The molecule has 3 heteroatoms. The van der Waals surface area contributed by atoms with Crippen molar-refractivity contribution in [3.8, 4) is 0 Å². The SMILES string of the molecule is Cc1ccc(NC(N)=NC(C)(C)C)c(C)c1. The zero-order chi connectivity index (χ0) is 12.3. The van der Waals surface area contributed by atoms with Gasteiger partial charge in [-0.25, -0.2) is 4.99 Å². The number of aliphatic imine (C=N–C) groups is 1. The van der Waals surface area contributed by atoms with Crippen LogP contribution in [0.25, 0.3) is 0 Å². The molecular weight excluding hydrogens is 198 g/mol. The summed E-state index contributed by atoms with van der Waals surface area (Å²) in [4.78, 5) is 4.35. The molecule has 0 aliphatic heterocycles. The maximum absolute atomic E-state index is 5.84. The minimum absolute atomic E-state index is 0.157. The average molecular weight is 219 g/mol. The van der Waals surface area contributed by atoms with E-state index >= 15 is 0 Å². The normalized spacial score (nSPS) is 12.7. The van der Waals surface area contributed by atoms with E-state index in [4.69, 9.17) is 5.73 Å². The molecule has 0 radical (unpaired) electrons. The first-order valence-corrected chi connectivity index (χ1v) is 5.47. The number of benzene rings is 1. The topological polar surface area (TPSA) is 50.4 Å². The third kappa shape index (κ3) is 3.93. The molecule has 0 aliphatic carbocycles. The lowest BCUT2D eigenvalue weighted by atomic mass is 10.1. The summed E-state index contributed by atoms with van der Waals surface area (Å²) in [5.74, 6) is 0.458. The third-order valence-corrected chi connectivity index (χ3v) is 2.10. The number of guanidine groups is 1. The summed E-state index contributed by atoms with van der Waals surface area (Å²) in [6.07, 6.45) is 0. The molecule has 3 nitrogen and oxygen atoms in total. The number of hydrogen-bond donors (Lipinski definition) is 2. The van der Waals surface area contributed by atoms with Gasteiger partial charge in [-0.1, -0.05) is 17.7 Å². The second-order valence-corrected chi connectivity index (χ2v) is 5.11. The third-order valence-electron chi connectivity index (χ3n) is 2.10. The highest BCUT2D eigenvalue weighted by Gasteiger charge is 2.08. The van der Waals surface area contributed by atoms with Crippen molar-refractivity contribution in [3.63, 3.8) is 0 Å². The first-order chi connectivity index (χ1) is 7.28. The summed E-state index contributed by atoms with van der Waals surface area (Å²) in [6, 6.07) is 6.20. The molecule has 0 aromatic heterocycles. The van der Waals surface area contributed by atoms with E-state index < -0.39 is 0 Å². The summed E-state index contributed by atoms with van der Waals surface area (Å²) in [5, 5.41) is 3.12. The van der Waals surface area contributed by atoms with Crippen LogP contribution in [0.2, 0.25) is 0 Å². The van der Waals surface area contributed by atoms with Crippen LogP contribution in [0.5, 0.6) is 0 Å². The maximum Gasteiger partial charge on any atom is 0.193 e. The van der Waals surface area contributed by atoms with Crippen LogP contribution in [-0.2, 0) is 0 Å². The average Bonchev–Trinajstić information content (AvgIpc) is 2.06. The van der Waals surface area contributed by atoms with Crippen LogP contribution in [0.4, 0.5) is 5.69 Å². The van der Waals surface area contributed by atoms with Crippen molar-refractivity contribution in [2.75, 3.05) is 5.32 Å². The molecule has 0 aliphatic rings. The number of nitrogens with zero attached hydrogens (tertiary/aromatic N) is 1. The van der Waals surface area contributed by atoms with Crippen LogP contribution in [0.1, 0.15) is 31.9 Å². The van der Waals surface area contributed by atoms with Crippen LogP contribution in [0.15, 0.2) is 23.2 Å². The molecule has 3 N–H and O–H groups in total. The van der Waals surface area contributed by atoms with Crippen LogP contribution < -0.4 is 11.1 Å². The summed E-state index contributed by atoms with van der Waals surface area (Å²) < 4.78 is 0. The quantitative estimate of drug-likeness (QED) is 0.563. The Balaban J connectivity index is 2.85. The predicted molar refractivity (Wildman–Crippen MR) is 70.9 cm³/mol. The van der Waals surface area contributed by atoms with Crippen molar-refractivity contribution in [1.82, 2.24) is 0 Å². The molecule has 0 saturated carbocycles. The molecule has 16 heavy (non-hydrogen) atoms. The van der Waals surface area contributed by atoms with Gasteiger partial charge in [-0.15, -0.1) is 0 Å². The van der Waals surface area contributed by atoms with Crippen molar-refractivity contribution in [2.24, 2.45) is 10.7 Å². The van der Waals surface area contributed by atoms with Gasteiger partial charge in [-0.2, -0.15) is 0 Å². The van der Waals surface area contributed by atoms with Gasteiger partial charge in [0.15, 0.2) is 5.96 Å². The summed E-state index contributed by atoms with van der Waals surface area (Å²) in [5.41, 5.74) is 9.11. The molecule has 1 aromatic carbocycles. The summed E-state index contributed by atoms with van der Waals surface area (Å²) in [7, 11) is 0. The van der Waals surface area contributed by atoms with E-state index in [1.165, 1.54) is 11.1 Å². The highest BCUT2D eigenvalue weighted by molar-refractivity contribution is 5.93. The van der Waals surface area contributed by atoms with Gasteiger partial charge in [0.1, 0.15) is 0 Å². The van der Waals surface area contributed by atoms with Crippen LogP contribution in [-0.4, -0.2) is 11.5 Å².